The van der Waals surface area contributed by atoms with Crippen LogP contribution < -0.4 is 0 Å². The van der Waals surface area contributed by atoms with Crippen molar-refractivity contribution in [3.63, 3.8) is 0 Å². The molecular formula is C60H109O11P. The molecule has 0 saturated carbocycles. The Bertz CT molecular complexity index is 1400. The molecule has 0 aromatic carbocycles. The van der Waals surface area contributed by atoms with E-state index in [9.17, 15) is 28.9 Å². The maximum absolute atomic E-state index is 12.9. The number of carbonyl (C=O) groups excluding carboxylic acids is 3. The molecule has 0 amide bonds. The maximum atomic E-state index is 12.9. The van der Waals surface area contributed by atoms with Gasteiger partial charge in [-0.1, -0.05) is 236 Å². The largest absolute Gasteiger partial charge is 0.472 e. The zero-order valence-electron chi connectivity index (χ0n) is 46.4. The SMILES string of the molecule is CC/C=C\C/C=C\C/C=C\CCCCCCCCCC(=O)OCC(COP(=O)(O)OCC(CO)OC(=O)CCCCCCC/C=C\CCCC)OC(=O)CCCCCCCCCCCCCCCCCCC. The van der Waals surface area contributed by atoms with Crippen molar-refractivity contribution >= 4 is 25.7 Å². The van der Waals surface area contributed by atoms with Crippen molar-refractivity contribution in [1.82, 2.24) is 0 Å². The van der Waals surface area contributed by atoms with Gasteiger partial charge < -0.3 is 24.2 Å². The van der Waals surface area contributed by atoms with Crippen LogP contribution in [0.3, 0.4) is 0 Å². The smallest absolute Gasteiger partial charge is 0.462 e. The van der Waals surface area contributed by atoms with Crippen LogP contribution in [0.4, 0.5) is 0 Å². The highest BCUT2D eigenvalue weighted by Gasteiger charge is 2.28. The summed E-state index contributed by atoms with van der Waals surface area (Å²) in [5.41, 5.74) is 0. The number of ether oxygens (including phenoxy) is 3. The minimum absolute atomic E-state index is 0.168. The third-order valence-corrected chi connectivity index (χ3v) is 13.7. The van der Waals surface area contributed by atoms with Gasteiger partial charge in [0, 0.05) is 19.3 Å². The lowest BCUT2D eigenvalue weighted by Gasteiger charge is -2.21. The third kappa shape index (κ3) is 52.3. The molecule has 0 spiro atoms. The molecule has 0 aromatic rings. The van der Waals surface area contributed by atoms with Gasteiger partial charge in [0.1, 0.15) is 12.7 Å². The molecule has 12 heteroatoms. The Labute approximate surface area is 441 Å². The highest BCUT2D eigenvalue weighted by Crippen LogP contribution is 2.43. The van der Waals surface area contributed by atoms with E-state index in [1.807, 2.05) is 0 Å². The van der Waals surface area contributed by atoms with Crippen molar-refractivity contribution in [3.8, 4) is 0 Å². The first-order valence-electron chi connectivity index (χ1n) is 29.5. The molecule has 0 bridgehead atoms. The molecule has 0 aliphatic heterocycles. The van der Waals surface area contributed by atoms with Gasteiger partial charge in [-0.05, 0) is 70.6 Å². The lowest BCUT2D eigenvalue weighted by molar-refractivity contribution is -0.161. The van der Waals surface area contributed by atoms with Crippen LogP contribution in [0.1, 0.15) is 278 Å². The fourth-order valence-corrected chi connectivity index (χ4v) is 9.02. The molecule has 2 N–H and O–H groups in total. The second kappa shape index (κ2) is 54.7. The Hall–Kier alpha value is -2.56. The molecule has 420 valence electrons. The first kappa shape index (κ1) is 69.4. The van der Waals surface area contributed by atoms with E-state index in [0.717, 1.165) is 109 Å². The van der Waals surface area contributed by atoms with Crippen molar-refractivity contribution in [2.24, 2.45) is 0 Å². The predicted molar refractivity (Wildman–Crippen MR) is 298 cm³/mol. The van der Waals surface area contributed by atoms with Crippen molar-refractivity contribution in [2.45, 2.75) is 290 Å². The molecule has 72 heavy (non-hydrogen) atoms. The van der Waals surface area contributed by atoms with E-state index in [0.29, 0.717) is 19.3 Å². The van der Waals surface area contributed by atoms with Gasteiger partial charge in [-0.2, -0.15) is 0 Å². The number of allylic oxidation sites excluding steroid dienone is 8. The summed E-state index contributed by atoms with van der Waals surface area (Å²) in [6, 6.07) is 0. The lowest BCUT2D eigenvalue weighted by atomic mass is 10.0. The van der Waals surface area contributed by atoms with Crippen LogP contribution >= 0.6 is 7.82 Å². The molecule has 11 nitrogen and oxygen atoms in total. The van der Waals surface area contributed by atoms with E-state index in [1.54, 1.807) is 0 Å². The summed E-state index contributed by atoms with van der Waals surface area (Å²) >= 11 is 0. The zero-order valence-corrected chi connectivity index (χ0v) is 47.3. The predicted octanol–water partition coefficient (Wildman–Crippen LogP) is 17.4. The summed E-state index contributed by atoms with van der Waals surface area (Å²) in [4.78, 5) is 48.5. The van der Waals surface area contributed by atoms with Gasteiger partial charge in [-0.25, -0.2) is 4.57 Å². The van der Waals surface area contributed by atoms with E-state index in [-0.39, 0.29) is 25.9 Å². The van der Waals surface area contributed by atoms with Gasteiger partial charge in [0.05, 0.1) is 19.8 Å². The van der Waals surface area contributed by atoms with E-state index >= 15 is 0 Å². The lowest BCUT2D eigenvalue weighted by Crippen LogP contribution is -2.30. The summed E-state index contributed by atoms with van der Waals surface area (Å²) in [7, 11) is -4.75. The molecule has 0 rings (SSSR count). The van der Waals surface area contributed by atoms with Crippen molar-refractivity contribution in [3.05, 3.63) is 48.6 Å². The molecule has 0 aromatic heterocycles. The number of aliphatic hydroxyl groups is 1. The minimum atomic E-state index is -4.75. The average Bonchev–Trinajstić information content (AvgIpc) is 3.37. The number of phosphoric acid groups is 1. The first-order valence-corrected chi connectivity index (χ1v) is 31.0. The van der Waals surface area contributed by atoms with Crippen molar-refractivity contribution < 1.29 is 52.2 Å². The van der Waals surface area contributed by atoms with Gasteiger partial charge in [0.15, 0.2) is 6.10 Å². The number of hydrogen-bond acceptors (Lipinski definition) is 10. The Morgan fingerprint density at radius 3 is 1.17 bits per heavy atom. The molecular weight excluding hydrogens is 928 g/mol. The minimum Gasteiger partial charge on any atom is -0.462 e. The van der Waals surface area contributed by atoms with Gasteiger partial charge in [0.2, 0.25) is 0 Å². The monoisotopic (exact) mass is 1040 g/mol. The van der Waals surface area contributed by atoms with Crippen LogP contribution in [-0.4, -0.2) is 66.5 Å². The molecule has 0 heterocycles. The van der Waals surface area contributed by atoms with Crippen LogP contribution in [0.5, 0.6) is 0 Å². The number of hydrogen-bond donors (Lipinski definition) is 2. The fraction of sp³-hybridized carbons (Fsp3) is 0.817. The Morgan fingerprint density at radius 1 is 0.403 bits per heavy atom. The quantitative estimate of drug-likeness (QED) is 0.0197. The molecule has 0 aliphatic rings. The Balaban J connectivity index is 4.71. The molecule has 0 aliphatic carbocycles. The maximum Gasteiger partial charge on any atom is 0.472 e. The molecule has 3 unspecified atom stereocenters. The van der Waals surface area contributed by atoms with Gasteiger partial charge in [0.25, 0.3) is 0 Å². The number of rotatable bonds is 55. The summed E-state index contributed by atoms with van der Waals surface area (Å²) in [5, 5.41) is 9.79. The van der Waals surface area contributed by atoms with Crippen LogP contribution in [-0.2, 0) is 42.2 Å². The molecule has 0 saturated heterocycles. The molecule has 0 fully saturated rings. The highest BCUT2D eigenvalue weighted by molar-refractivity contribution is 7.47. The number of esters is 3. The Kier molecular flexibility index (Phi) is 52.7. The van der Waals surface area contributed by atoms with Crippen molar-refractivity contribution in [2.75, 3.05) is 26.4 Å². The second-order valence-electron chi connectivity index (χ2n) is 19.8. The van der Waals surface area contributed by atoms with Gasteiger partial charge >= 0.3 is 25.7 Å². The van der Waals surface area contributed by atoms with E-state index < -0.39 is 57.8 Å². The second-order valence-corrected chi connectivity index (χ2v) is 21.2. The molecule has 0 radical (unpaired) electrons. The first-order chi connectivity index (χ1) is 35.2. The van der Waals surface area contributed by atoms with Crippen LogP contribution in [0.2, 0.25) is 0 Å². The number of aliphatic hydroxyl groups excluding tert-OH is 1. The van der Waals surface area contributed by atoms with Gasteiger partial charge in [-0.3, -0.25) is 23.4 Å². The number of unbranched alkanes of at least 4 members (excludes halogenated alkanes) is 30. The van der Waals surface area contributed by atoms with Crippen molar-refractivity contribution in [1.29, 1.82) is 0 Å². The zero-order chi connectivity index (χ0) is 52.7. The topological polar surface area (TPSA) is 155 Å². The summed E-state index contributed by atoms with van der Waals surface area (Å²) in [6.45, 7) is 4.51. The van der Waals surface area contributed by atoms with Crippen LogP contribution in [0.25, 0.3) is 0 Å². The van der Waals surface area contributed by atoms with Crippen LogP contribution in [0.15, 0.2) is 48.6 Å². The van der Waals surface area contributed by atoms with E-state index in [1.165, 1.54) is 109 Å². The fourth-order valence-electron chi connectivity index (χ4n) is 8.24. The number of phosphoric ester groups is 1. The number of carbonyl (C=O) groups is 3. The summed E-state index contributed by atoms with van der Waals surface area (Å²) < 4.78 is 39.5. The van der Waals surface area contributed by atoms with Gasteiger partial charge in [-0.15, -0.1) is 0 Å². The highest BCUT2D eigenvalue weighted by atomic mass is 31.2. The normalized spacial score (nSPS) is 13.7. The third-order valence-electron chi connectivity index (χ3n) is 12.7. The standard InChI is InChI=1S/C60H109O11P/c1-4-7-10-13-16-19-22-24-26-28-30-32-35-37-40-43-46-49-58(62)67-53-57(71-60(64)51-48-45-42-39-36-33-31-29-27-25-23-20-17-14-11-8-5-2)55-69-72(65,66)68-54-56(52-61)70-59(63)50-47-44-41-38-34-21-18-15-12-9-6-3/h7,10,15-16,18-19,24,26,56-57,61H,4-6,8-9,11-14,17,20-23,25,27-55H2,1-3H3,(H,65,66)/b10-7-,18-15-,19-16-,26-24-. The summed E-state index contributed by atoms with van der Waals surface area (Å²) in [5.74, 6) is -1.47. The van der Waals surface area contributed by atoms with Crippen LogP contribution in [0, 0.1) is 0 Å². The molecule has 3 atom stereocenters. The average molecular weight is 1040 g/mol. The van der Waals surface area contributed by atoms with E-state index in [2.05, 4.69) is 69.4 Å². The summed E-state index contributed by atoms with van der Waals surface area (Å²) in [6.07, 6.45) is 57.8. The Morgan fingerprint density at radius 2 is 0.736 bits per heavy atom. The van der Waals surface area contributed by atoms with E-state index in [4.69, 9.17) is 23.3 Å².